The van der Waals surface area contributed by atoms with Crippen LogP contribution < -0.4 is 20.9 Å². The third-order valence-electron chi connectivity index (χ3n) is 8.72. The summed E-state index contributed by atoms with van der Waals surface area (Å²) in [4.78, 5) is 0. The van der Waals surface area contributed by atoms with Gasteiger partial charge in [-0.25, -0.2) is 23.2 Å². The van der Waals surface area contributed by atoms with Crippen molar-refractivity contribution < 1.29 is 8.42 Å². The Balaban J connectivity index is 1.20. The number of sulfonamides is 1. The molecule has 5 rings (SSSR count). The quantitative estimate of drug-likeness (QED) is 0.466. The van der Waals surface area contributed by atoms with Crippen molar-refractivity contribution in [3.05, 3.63) is 0 Å². The Morgan fingerprint density at radius 3 is 2.71 bits per heavy atom. The Morgan fingerprint density at radius 2 is 1.97 bits per heavy atom. The monoisotopic (exact) mass is 451 g/mol. The average molecular weight is 452 g/mol. The fourth-order valence-electron chi connectivity index (χ4n) is 6.70. The molecule has 0 spiro atoms. The van der Waals surface area contributed by atoms with Crippen molar-refractivity contribution in [2.45, 2.75) is 74.9 Å². The van der Waals surface area contributed by atoms with Gasteiger partial charge in [0.2, 0.25) is 10.0 Å². The first kappa shape index (κ1) is 22.0. The van der Waals surface area contributed by atoms with E-state index < -0.39 is 15.3 Å². The van der Waals surface area contributed by atoms with E-state index in [1.807, 2.05) is 7.05 Å². The molecule has 31 heavy (non-hydrogen) atoms. The number of likely N-dealkylation sites (N-methyl/N-ethyl adjacent to an activating group) is 1. The summed E-state index contributed by atoms with van der Waals surface area (Å²) in [5.74, 6) is 0.921. The van der Waals surface area contributed by atoms with Crippen LogP contribution in [0.15, 0.2) is 0 Å². The van der Waals surface area contributed by atoms with Gasteiger partial charge in [-0.1, -0.05) is 12.8 Å². The molecule has 3 heterocycles. The van der Waals surface area contributed by atoms with Gasteiger partial charge in [-0.15, -0.1) is 0 Å². The van der Waals surface area contributed by atoms with Gasteiger partial charge < -0.3 is 5.32 Å². The zero-order chi connectivity index (χ0) is 21.6. The van der Waals surface area contributed by atoms with Gasteiger partial charge in [-0.3, -0.25) is 10.9 Å². The Labute approximate surface area is 186 Å². The minimum Gasteiger partial charge on any atom is -0.301 e. The molecule has 0 radical (unpaired) electrons. The Morgan fingerprint density at radius 1 is 1.13 bits per heavy atom. The number of hydrazine groups is 2. The molecule has 0 amide bonds. The number of piperidine rings is 1. The predicted octanol–water partition coefficient (Wildman–Crippen LogP) is 0.101. The normalized spacial score (nSPS) is 41.4. The van der Waals surface area contributed by atoms with Gasteiger partial charge in [0.1, 0.15) is 5.25 Å². The molecule has 0 aromatic heterocycles. The van der Waals surface area contributed by atoms with Gasteiger partial charge in [-0.2, -0.15) is 5.26 Å². The molecule has 2 saturated carbocycles. The highest BCUT2D eigenvalue weighted by molar-refractivity contribution is 7.90. The molecular formula is C21H37N7O2S. The lowest BCUT2D eigenvalue weighted by Crippen LogP contribution is -2.56. The van der Waals surface area contributed by atoms with Crippen LogP contribution in [0.5, 0.6) is 0 Å². The van der Waals surface area contributed by atoms with Crippen molar-refractivity contribution in [1.82, 2.24) is 30.9 Å². The van der Waals surface area contributed by atoms with Gasteiger partial charge in [0, 0.05) is 38.8 Å². The van der Waals surface area contributed by atoms with Crippen molar-refractivity contribution in [3.8, 4) is 6.07 Å². The Bertz CT molecular complexity index is 809. The summed E-state index contributed by atoms with van der Waals surface area (Å²) in [6.07, 6.45) is 8.36. The molecule has 9 nitrogen and oxygen atoms in total. The van der Waals surface area contributed by atoms with E-state index >= 15 is 0 Å². The third kappa shape index (κ3) is 4.03. The maximum Gasteiger partial charge on any atom is 0.217 e. The molecule has 4 N–H and O–H groups in total. The third-order valence-corrected chi connectivity index (χ3v) is 10.5. The van der Waals surface area contributed by atoms with E-state index in [2.05, 4.69) is 37.0 Å². The minimum absolute atomic E-state index is 0.0240. The van der Waals surface area contributed by atoms with Crippen molar-refractivity contribution in [3.63, 3.8) is 0 Å². The second-order valence-electron chi connectivity index (χ2n) is 10.4. The van der Waals surface area contributed by atoms with Crippen LogP contribution in [0.3, 0.4) is 0 Å². The van der Waals surface area contributed by atoms with E-state index in [-0.39, 0.29) is 23.7 Å². The summed E-state index contributed by atoms with van der Waals surface area (Å²) < 4.78 is 29.6. The zero-order valence-electron chi connectivity index (χ0n) is 18.5. The number of hydrogen-bond acceptors (Lipinski definition) is 8. The van der Waals surface area contributed by atoms with E-state index in [0.29, 0.717) is 24.9 Å². The molecule has 2 aliphatic carbocycles. The van der Waals surface area contributed by atoms with Crippen molar-refractivity contribution >= 4 is 10.0 Å². The fraction of sp³-hybridized carbons (Fsp3) is 0.952. The number of fused-ring (bicyclic) bond motifs is 1. The highest BCUT2D eigenvalue weighted by atomic mass is 32.2. The summed E-state index contributed by atoms with van der Waals surface area (Å²) in [6, 6.07) is 2.83. The smallest absolute Gasteiger partial charge is 0.217 e. The standard InChI is InChI=1S/C21H37N7O2S/c1-27-20-15(11-24-27)4-2-5-18(20)26-31(29,30)17-12-25-28(13-17)19-10-16(6-9-23-19)21(14-22)7-3-8-21/h15-20,23-26H,2-13H2,1H3. The molecule has 10 heteroatoms. The maximum absolute atomic E-state index is 13.3. The number of hydrogen-bond donors (Lipinski definition) is 4. The largest absolute Gasteiger partial charge is 0.301 e. The van der Waals surface area contributed by atoms with Crippen LogP contribution in [-0.2, 0) is 10.0 Å². The molecule has 5 fully saturated rings. The summed E-state index contributed by atoms with van der Waals surface area (Å²) in [6.45, 7) is 2.75. The summed E-state index contributed by atoms with van der Waals surface area (Å²) in [5.41, 5.74) is 6.57. The van der Waals surface area contributed by atoms with Gasteiger partial charge in [0.05, 0.1) is 17.6 Å². The predicted molar refractivity (Wildman–Crippen MR) is 118 cm³/mol. The van der Waals surface area contributed by atoms with E-state index in [1.165, 1.54) is 0 Å². The molecule has 174 valence electrons. The topological polar surface area (TPSA) is 113 Å². The van der Waals surface area contributed by atoms with Crippen LogP contribution in [-0.4, -0.2) is 75.2 Å². The molecule has 0 aromatic rings. The SMILES string of the molecule is CN1NCC2CCCC(NS(=O)(=O)C3CNN(C4CC(C5(C#N)CCC5)CCN4)C3)C21. The molecule has 6 atom stereocenters. The van der Waals surface area contributed by atoms with Crippen LogP contribution in [0.25, 0.3) is 0 Å². The van der Waals surface area contributed by atoms with E-state index in [9.17, 15) is 13.7 Å². The molecular weight excluding hydrogens is 414 g/mol. The Hall–Kier alpha value is -0.800. The number of nitriles is 1. The number of rotatable bonds is 5. The van der Waals surface area contributed by atoms with Gasteiger partial charge >= 0.3 is 0 Å². The maximum atomic E-state index is 13.3. The Kier molecular flexibility index (Phi) is 6.05. The lowest BCUT2D eigenvalue weighted by atomic mass is 9.59. The van der Waals surface area contributed by atoms with E-state index in [0.717, 1.165) is 64.5 Å². The molecule has 0 bridgehead atoms. The average Bonchev–Trinajstić information content (AvgIpc) is 3.36. The zero-order valence-corrected chi connectivity index (χ0v) is 19.3. The number of nitrogens with one attached hydrogen (secondary N) is 4. The van der Waals surface area contributed by atoms with Gasteiger partial charge in [0.25, 0.3) is 0 Å². The highest BCUT2D eigenvalue weighted by Gasteiger charge is 2.48. The second kappa shape index (κ2) is 8.52. The van der Waals surface area contributed by atoms with E-state index in [4.69, 9.17) is 0 Å². The lowest BCUT2D eigenvalue weighted by molar-refractivity contribution is 0.0267. The van der Waals surface area contributed by atoms with Gasteiger partial charge in [-0.05, 0) is 56.9 Å². The van der Waals surface area contributed by atoms with Crippen molar-refractivity contribution in [1.29, 1.82) is 5.26 Å². The first-order chi connectivity index (χ1) is 14.9. The molecule has 0 aromatic carbocycles. The first-order valence-corrected chi connectivity index (χ1v) is 13.6. The molecule has 3 aliphatic heterocycles. The molecule has 6 unspecified atom stereocenters. The second-order valence-corrected chi connectivity index (χ2v) is 12.4. The molecule has 5 aliphatic rings. The minimum atomic E-state index is -3.42. The lowest BCUT2D eigenvalue weighted by Gasteiger charge is -2.47. The van der Waals surface area contributed by atoms with Crippen LogP contribution >= 0.6 is 0 Å². The van der Waals surface area contributed by atoms with Crippen LogP contribution in [0.1, 0.15) is 51.4 Å². The first-order valence-electron chi connectivity index (χ1n) is 12.0. The van der Waals surface area contributed by atoms with E-state index in [1.54, 1.807) is 0 Å². The fourth-order valence-corrected chi connectivity index (χ4v) is 8.22. The van der Waals surface area contributed by atoms with Crippen LogP contribution in [0, 0.1) is 28.6 Å². The van der Waals surface area contributed by atoms with Gasteiger partial charge in [0.15, 0.2) is 0 Å². The van der Waals surface area contributed by atoms with Crippen molar-refractivity contribution in [2.24, 2.45) is 17.3 Å². The van der Waals surface area contributed by atoms with Crippen molar-refractivity contribution in [2.75, 3.05) is 33.2 Å². The van der Waals surface area contributed by atoms with Crippen LogP contribution in [0.4, 0.5) is 0 Å². The van der Waals surface area contributed by atoms with Crippen LogP contribution in [0.2, 0.25) is 0 Å². The highest BCUT2D eigenvalue weighted by Crippen LogP contribution is 2.50. The molecule has 3 saturated heterocycles. The summed E-state index contributed by atoms with van der Waals surface area (Å²) in [7, 11) is -1.40. The number of nitrogens with zero attached hydrogens (tertiary/aromatic N) is 3. The summed E-state index contributed by atoms with van der Waals surface area (Å²) >= 11 is 0. The summed E-state index contributed by atoms with van der Waals surface area (Å²) in [5, 5.41) is 17.0.